The fraction of sp³-hybridized carbons (Fsp3) is 0.125. The highest BCUT2D eigenvalue weighted by molar-refractivity contribution is 7.17. The number of aliphatic imine (C=N–C) groups is 1. The summed E-state index contributed by atoms with van der Waals surface area (Å²) >= 11 is 7.33. The molecule has 1 aromatic carbocycles. The van der Waals surface area contributed by atoms with Gasteiger partial charge in [0.05, 0.1) is 15.7 Å². The van der Waals surface area contributed by atoms with Crippen LogP contribution in [0.5, 0.6) is 0 Å². The quantitative estimate of drug-likeness (QED) is 0.670. The maximum absolute atomic E-state index is 12.6. The molecule has 4 nitrogen and oxygen atoms in total. The van der Waals surface area contributed by atoms with Gasteiger partial charge in [-0.15, -0.1) is 11.3 Å². The van der Waals surface area contributed by atoms with Gasteiger partial charge in [0.1, 0.15) is 0 Å². The number of benzene rings is 1. The Hall–Kier alpha value is -2.11. The van der Waals surface area contributed by atoms with E-state index in [-0.39, 0.29) is 5.56 Å². The van der Waals surface area contributed by atoms with Crippen molar-refractivity contribution in [1.29, 1.82) is 0 Å². The summed E-state index contributed by atoms with van der Waals surface area (Å²) in [7, 11) is 1.85. The van der Waals surface area contributed by atoms with E-state index in [1.54, 1.807) is 10.9 Å². The average molecular weight is 332 g/mol. The molecule has 0 bridgehead atoms. The second kappa shape index (κ2) is 5.94. The average Bonchev–Trinajstić information content (AvgIpc) is 3.02. The van der Waals surface area contributed by atoms with Gasteiger partial charge in [-0.25, -0.2) is 9.67 Å². The van der Waals surface area contributed by atoms with Crippen LogP contribution in [-0.4, -0.2) is 15.6 Å². The van der Waals surface area contributed by atoms with Gasteiger partial charge in [-0.3, -0.25) is 9.48 Å². The number of hydrogen-bond acceptors (Lipinski definition) is 3. The lowest BCUT2D eigenvalue weighted by Gasteiger charge is -2.07. The van der Waals surface area contributed by atoms with Crippen LogP contribution < -0.4 is 5.56 Å². The van der Waals surface area contributed by atoms with Crippen LogP contribution in [0.3, 0.4) is 0 Å². The van der Waals surface area contributed by atoms with E-state index in [4.69, 9.17) is 11.6 Å². The normalized spacial score (nSPS) is 11.4. The highest BCUT2D eigenvalue weighted by Crippen LogP contribution is 2.21. The highest BCUT2D eigenvalue weighted by atomic mass is 35.5. The van der Waals surface area contributed by atoms with Gasteiger partial charge < -0.3 is 0 Å². The van der Waals surface area contributed by atoms with Crippen LogP contribution in [0.2, 0.25) is 4.34 Å². The first-order valence-electron chi connectivity index (χ1n) is 6.71. The Balaban J connectivity index is 2.07. The van der Waals surface area contributed by atoms with Crippen molar-refractivity contribution in [2.24, 2.45) is 12.0 Å². The fourth-order valence-electron chi connectivity index (χ4n) is 2.23. The molecule has 0 amide bonds. The van der Waals surface area contributed by atoms with Crippen LogP contribution in [0.25, 0.3) is 5.69 Å². The minimum atomic E-state index is -0.134. The predicted molar refractivity (Wildman–Crippen MR) is 92.3 cm³/mol. The molecular formula is C16H14ClN3OS. The molecule has 0 saturated heterocycles. The second-order valence-electron chi connectivity index (χ2n) is 4.81. The SMILES string of the molecule is Cc1c(N=Cc2ccc(Cl)s2)c(=O)n(-c2ccccc2)n1C. The molecule has 0 fully saturated rings. The number of rotatable bonds is 3. The first-order valence-corrected chi connectivity index (χ1v) is 7.91. The third-order valence-corrected chi connectivity index (χ3v) is 4.60. The third kappa shape index (κ3) is 2.65. The fourth-order valence-corrected chi connectivity index (χ4v) is 3.16. The van der Waals surface area contributed by atoms with Crippen molar-refractivity contribution in [2.75, 3.05) is 0 Å². The van der Waals surface area contributed by atoms with Crippen LogP contribution in [0.15, 0.2) is 52.3 Å². The van der Waals surface area contributed by atoms with Crippen molar-refractivity contribution in [3.8, 4) is 5.69 Å². The zero-order valence-electron chi connectivity index (χ0n) is 12.2. The van der Waals surface area contributed by atoms with Gasteiger partial charge in [-0.1, -0.05) is 29.8 Å². The summed E-state index contributed by atoms with van der Waals surface area (Å²) in [5.74, 6) is 0. The standard InChI is InChI=1S/C16H14ClN3OS/c1-11-15(18-10-13-8-9-14(17)22-13)16(21)20(19(11)2)12-6-4-3-5-7-12/h3-10H,1-2H3. The monoisotopic (exact) mass is 331 g/mol. The molecular weight excluding hydrogens is 318 g/mol. The molecule has 0 atom stereocenters. The van der Waals surface area contributed by atoms with Gasteiger partial charge in [0, 0.05) is 18.1 Å². The molecule has 0 aliphatic heterocycles. The molecule has 0 aliphatic carbocycles. The van der Waals surface area contributed by atoms with Gasteiger partial charge in [0.15, 0.2) is 5.69 Å². The molecule has 0 saturated carbocycles. The lowest BCUT2D eigenvalue weighted by Crippen LogP contribution is -2.19. The van der Waals surface area contributed by atoms with Crippen molar-refractivity contribution in [3.63, 3.8) is 0 Å². The van der Waals surface area contributed by atoms with E-state index < -0.39 is 0 Å². The topological polar surface area (TPSA) is 39.3 Å². The maximum atomic E-state index is 12.6. The second-order valence-corrected chi connectivity index (χ2v) is 6.56. The summed E-state index contributed by atoms with van der Waals surface area (Å²) < 4.78 is 4.13. The Labute approximate surface area is 136 Å². The maximum Gasteiger partial charge on any atom is 0.297 e. The van der Waals surface area contributed by atoms with Crippen molar-refractivity contribution in [1.82, 2.24) is 9.36 Å². The largest absolute Gasteiger partial charge is 0.297 e. The number of thiophene rings is 1. The molecule has 22 heavy (non-hydrogen) atoms. The summed E-state index contributed by atoms with van der Waals surface area (Å²) in [6, 6.07) is 13.2. The van der Waals surface area contributed by atoms with E-state index in [9.17, 15) is 4.79 Å². The Morgan fingerprint density at radius 3 is 2.55 bits per heavy atom. The van der Waals surface area contributed by atoms with E-state index in [2.05, 4.69) is 4.99 Å². The van der Waals surface area contributed by atoms with E-state index in [1.165, 1.54) is 11.3 Å². The van der Waals surface area contributed by atoms with Crippen molar-refractivity contribution in [2.45, 2.75) is 6.92 Å². The lowest BCUT2D eigenvalue weighted by molar-refractivity contribution is 0.630. The zero-order chi connectivity index (χ0) is 15.7. The van der Waals surface area contributed by atoms with Crippen LogP contribution in [0, 0.1) is 6.92 Å². The molecule has 0 unspecified atom stereocenters. The van der Waals surface area contributed by atoms with E-state index in [1.807, 2.05) is 61.1 Å². The third-order valence-electron chi connectivity index (χ3n) is 3.44. The first-order chi connectivity index (χ1) is 10.6. The number of hydrogen-bond donors (Lipinski definition) is 0. The number of aromatic nitrogens is 2. The van der Waals surface area contributed by atoms with E-state index in [0.717, 1.165) is 16.3 Å². The molecule has 2 aromatic heterocycles. The van der Waals surface area contributed by atoms with Gasteiger partial charge in [0.2, 0.25) is 0 Å². The number of halogens is 1. The Kier molecular flexibility index (Phi) is 4.00. The van der Waals surface area contributed by atoms with Crippen molar-refractivity contribution in [3.05, 3.63) is 67.7 Å². The molecule has 2 heterocycles. The summed E-state index contributed by atoms with van der Waals surface area (Å²) in [6.07, 6.45) is 1.68. The van der Waals surface area contributed by atoms with Crippen LogP contribution in [-0.2, 0) is 7.05 Å². The Morgan fingerprint density at radius 2 is 1.91 bits per heavy atom. The van der Waals surface area contributed by atoms with Gasteiger partial charge >= 0.3 is 0 Å². The summed E-state index contributed by atoms with van der Waals surface area (Å²) in [5.41, 5.74) is 1.94. The highest BCUT2D eigenvalue weighted by Gasteiger charge is 2.14. The molecule has 0 spiro atoms. The molecule has 3 rings (SSSR count). The minimum Gasteiger partial charge on any atom is -0.283 e. The van der Waals surface area contributed by atoms with Gasteiger partial charge in [-0.05, 0) is 31.2 Å². The molecule has 3 aromatic rings. The van der Waals surface area contributed by atoms with Crippen LogP contribution in [0.1, 0.15) is 10.6 Å². The van der Waals surface area contributed by atoms with Gasteiger partial charge in [-0.2, -0.15) is 0 Å². The van der Waals surface area contributed by atoms with Crippen molar-refractivity contribution < 1.29 is 0 Å². The first kappa shape index (κ1) is 14.8. The summed E-state index contributed by atoms with van der Waals surface area (Å²) in [4.78, 5) is 17.9. The van der Waals surface area contributed by atoms with Crippen LogP contribution in [0.4, 0.5) is 5.69 Å². The predicted octanol–water partition coefficient (Wildman–Crippen LogP) is 3.95. The molecule has 112 valence electrons. The number of nitrogens with zero attached hydrogens (tertiary/aromatic N) is 3. The van der Waals surface area contributed by atoms with Crippen molar-refractivity contribution >= 4 is 34.8 Å². The Morgan fingerprint density at radius 1 is 1.18 bits per heavy atom. The Bertz CT molecular complexity index is 890. The van der Waals surface area contributed by atoms with Gasteiger partial charge in [0.25, 0.3) is 5.56 Å². The summed E-state index contributed by atoms with van der Waals surface area (Å²) in [5, 5.41) is 0. The zero-order valence-corrected chi connectivity index (χ0v) is 13.7. The van der Waals surface area contributed by atoms with Crippen LogP contribution >= 0.6 is 22.9 Å². The molecule has 6 heteroatoms. The molecule has 0 radical (unpaired) electrons. The van der Waals surface area contributed by atoms with E-state index in [0.29, 0.717) is 10.0 Å². The smallest absolute Gasteiger partial charge is 0.283 e. The number of para-hydroxylation sites is 1. The van der Waals surface area contributed by atoms with E-state index >= 15 is 0 Å². The summed E-state index contributed by atoms with van der Waals surface area (Å²) in [6.45, 7) is 1.88. The minimum absolute atomic E-state index is 0.134. The molecule has 0 N–H and O–H groups in total. The lowest BCUT2D eigenvalue weighted by atomic mass is 10.3. The molecule has 0 aliphatic rings.